The van der Waals surface area contributed by atoms with Gasteiger partial charge >= 0.3 is 6.09 Å². The number of ether oxygens (including phenoxy) is 2. The van der Waals surface area contributed by atoms with Crippen LogP contribution in [0.25, 0.3) is 0 Å². The molecular weight excluding hydrogens is 317 g/mol. The highest BCUT2D eigenvalue weighted by Crippen LogP contribution is 2.22. The summed E-state index contributed by atoms with van der Waals surface area (Å²) in [5.74, 6) is -0.541. The third-order valence-corrected chi connectivity index (χ3v) is 4.18. The molecule has 2 aliphatic rings. The number of halogens is 1. The van der Waals surface area contributed by atoms with Gasteiger partial charge in [0.25, 0.3) is 0 Å². The zero-order valence-corrected chi connectivity index (χ0v) is 13.5. The number of nitrogens with one attached hydrogen (secondary N) is 2. The molecule has 2 heterocycles. The van der Waals surface area contributed by atoms with Crippen LogP contribution in [0.4, 0.5) is 20.6 Å². The van der Waals surface area contributed by atoms with Crippen LogP contribution in [-0.2, 0) is 14.3 Å². The van der Waals surface area contributed by atoms with Gasteiger partial charge in [0.2, 0.25) is 5.91 Å². The molecule has 0 saturated carbocycles. The van der Waals surface area contributed by atoms with Crippen molar-refractivity contribution in [3.05, 3.63) is 24.0 Å². The summed E-state index contributed by atoms with van der Waals surface area (Å²) < 4.78 is 25.0. The van der Waals surface area contributed by atoms with Gasteiger partial charge < -0.3 is 19.7 Å². The van der Waals surface area contributed by atoms with Gasteiger partial charge in [-0.3, -0.25) is 4.79 Å². The van der Waals surface area contributed by atoms with Gasteiger partial charge in [-0.05, 0) is 6.07 Å². The Balaban J connectivity index is 1.69. The minimum atomic E-state index is -0.455. The van der Waals surface area contributed by atoms with Crippen LogP contribution in [0, 0.1) is 5.82 Å². The number of hydrogen-bond donors (Lipinski definition) is 2. The van der Waals surface area contributed by atoms with E-state index in [0.29, 0.717) is 49.1 Å². The van der Waals surface area contributed by atoms with Crippen molar-refractivity contribution in [1.29, 1.82) is 0 Å². The molecule has 3 rings (SSSR count). The molecule has 8 heteroatoms. The molecule has 1 aromatic carbocycles. The highest BCUT2D eigenvalue weighted by Gasteiger charge is 2.38. The summed E-state index contributed by atoms with van der Waals surface area (Å²) in [7, 11) is 0. The van der Waals surface area contributed by atoms with Gasteiger partial charge in [-0.25, -0.2) is 4.39 Å². The number of anilines is 1. The van der Waals surface area contributed by atoms with E-state index in [-0.39, 0.29) is 18.3 Å². The Morgan fingerprint density at radius 2 is 2.17 bits per heavy atom. The number of cyclic esters (lactones) is 1. The van der Waals surface area contributed by atoms with Crippen molar-refractivity contribution in [2.24, 2.45) is 0 Å². The summed E-state index contributed by atoms with van der Waals surface area (Å²) in [6, 6.07) is 4.81. The highest BCUT2D eigenvalue weighted by molar-refractivity contribution is 5.73. The van der Waals surface area contributed by atoms with E-state index in [0.717, 1.165) is 0 Å². The van der Waals surface area contributed by atoms with E-state index < -0.39 is 12.2 Å². The Labute approximate surface area is 139 Å². The molecule has 130 valence electrons. The lowest BCUT2D eigenvalue weighted by atomic mass is 10.2. The highest BCUT2D eigenvalue weighted by atomic mass is 19.1. The van der Waals surface area contributed by atoms with Gasteiger partial charge in [0.15, 0.2) is 11.9 Å². The van der Waals surface area contributed by atoms with Crippen molar-refractivity contribution in [2.75, 3.05) is 44.3 Å². The van der Waals surface area contributed by atoms with E-state index in [2.05, 4.69) is 5.32 Å². The quantitative estimate of drug-likeness (QED) is 0.798. The zero-order chi connectivity index (χ0) is 17.1. The number of quaternary nitrogens is 1. The van der Waals surface area contributed by atoms with Crippen molar-refractivity contribution in [2.45, 2.75) is 13.0 Å². The molecule has 1 aromatic rings. The fourth-order valence-corrected chi connectivity index (χ4v) is 2.94. The SMILES string of the molecule is CC(=O)NCC1C[NH+](c2ccc(N3CCOCC3)c(F)c2)C(=O)O1. The molecular formula is C16H21FN3O4+. The summed E-state index contributed by atoms with van der Waals surface area (Å²) >= 11 is 0. The fraction of sp³-hybridized carbons (Fsp3) is 0.500. The smallest absolute Gasteiger partial charge is 0.409 e. The molecule has 2 atom stereocenters. The van der Waals surface area contributed by atoms with E-state index in [9.17, 15) is 14.0 Å². The van der Waals surface area contributed by atoms with Crippen molar-refractivity contribution >= 4 is 23.4 Å². The number of carbonyl (C=O) groups is 2. The minimum absolute atomic E-state index is 0.180. The van der Waals surface area contributed by atoms with Crippen molar-refractivity contribution in [3.63, 3.8) is 0 Å². The Bertz CT molecular complexity index is 634. The minimum Gasteiger partial charge on any atom is -0.409 e. The predicted molar refractivity (Wildman–Crippen MR) is 83.9 cm³/mol. The Kier molecular flexibility index (Phi) is 4.96. The number of carbonyl (C=O) groups excluding carboxylic acids is 2. The maximum absolute atomic E-state index is 14.5. The number of nitrogens with zero attached hydrogens (tertiary/aromatic N) is 1. The molecule has 2 fully saturated rings. The maximum Gasteiger partial charge on any atom is 0.520 e. The first kappa shape index (κ1) is 16.7. The molecule has 0 aromatic heterocycles. The molecule has 24 heavy (non-hydrogen) atoms. The van der Waals surface area contributed by atoms with E-state index >= 15 is 0 Å². The molecule has 0 radical (unpaired) electrons. The zero-order valence-electron chi connectivity index (χ0n) is 13.5. The van der Waals surface area contributed by atoms with Crippen LogP contribution in [0.3, 0.4) is 0 Å². The molecule has 0 aliphatic carbocycles. The second-order valence-electron chi connectivity index (χ2n) is 5.91. The average molecular weight is 338 g/mol. The molecule has 2 aliphatic heterocycles. The number of benzene rings is 1. The number of hydrogen-bond acceptors (Lipinski definition) is 5. The number of alkyl carbamates (subject to hydrolysis) is 1. The Morgan fingerprint density at radius 3 is 2.83 bits per heavy atom. The number of morpholine rings is 1. The average Bonchev–Trinajstić information content (AvgIpc) is 2.94. The normalized spacial score (nSPS) is 23.9. The van der Waals surface area contributed by atoms with Crippen molar-refractivity contribution < 1.29 is 28.4 Å². The summed E-state index contributed by atoms with van der Waals surface area (Å²) in [5.41, 5.74) is 1.05. The molecule has 2 amide bonds. The number of rotatable bonds is 4. The molecule has 0 spiro atoms. The summed E-state index contributed by atoms with van der Waals surface area (Å²) in [6.07, 6.45) is -0.859. The van der Waals surface area contributed by atoms with Crippen molar-refractivity contribution in [3.8, 4) is 0 Å². The summed E-state index contributed by atoms with van der Waals surface area (Å²) in [6.45, 7) is 4.47. The largest absolute Gasteiger partial charge is 0.520 e. The maximum atomic E-state index is 14.5. The van der Waals surface area contributed by atoms with Gasteiger partial charge in [-0.15, -0.1) is 0 Å². The molecule has 7 nitrogen and oxygen atoms in total. The van der Waals surface area contributed by atoms with Crippen LogP contribution in [0.5, 0.6) is 0 Å². The third kappa shape index (κ3) is 3.65. The first-order valence-corrected chi connectivity index (χ1v) is 7.98. The van der Waals surface area contributed by atoms with Crippen LogP contribution < -0.4 is 15.1 Å². The van der Waals surface area contributed by atoms with Crippen LogP contribution in [0.2, 0.25) is 0 Å². The van der Waals surface area contributed by atoms with E-state index in [1.54, 1.807) is 12.1 Å². The second-order valence-corrected chi connectivity index (χ2v) is 5.91. The monoisotopic (exact) mass is 338 g/mol. The fourth-order valence-electron chi connectivity index (χ4n) is 2.94. The van der Waals surface area contributed by atoms with E-state index in [4.69, 9.17) is 9.47 Å². The van der Waals surface area contributed by atoms with Gasteiger partial charge in [0.05, 0.1) is 25.4 Å². The van der Waals surface area contributed by atoms with Gasteiger partial charge in [-0.1, -0.05) is 0 Å². The Morgan fingerprint density at radius 1 is 1.42 bits per heavy atom. The molecule has 0 bridgehead atoms. The van der Waals surface area contributed by atoms with Crippen molar-refractivity contribution in [1.82, 2.24) is 5.32 Å². The first-order valence-electron chi connectivity index (χ1n) is 7.98. The second kappa shape index (κ2) is 7.14. The first-order chi connectivity index (χ1) is 11.5. The standard InChI is InChI=1S/C16H20FN3O4/c1-11(21)18-9-13-10-20(16(22)24-13)12-2-3-15(14(17)8-12)19-4-6-23-7-5-19/h2-3,8,13H,4-7,9-10H2,1H3,(H,18,21)/p+1. The number of amides is 2. The van der Waals surface area contributed by atoms with E-state index in [1.807, 2.05) is 4.90 Å². The topological polar surface area (TPSA) is 72.3 Å². The molecule has 2 N–H and O–H groups in total. The third-order valence-electron chi connectivity index (χ3n) is 4.18. The van der Waals surface area contributed by atoms with Gasteiger partial charge in [0, 0.05) is 32.1 Å². The lowest BCUT2D eigenvalue weighted by molar-refractivity contribution is -0.734. The molecule has 2 saturated heterocycles. The Hall–Kier alpha value is -2.19. The lowest BCUT2D eigenvalue weighted by Crippen LogP contribution is -3.08. The van der Waals surface area contributed by atoms with Crippen LogP contribution in [0.15, 0.2) is 18.2 Å². The van der Waals surface area contributed by atoms with Crippen LogP contribution >= 0.6 is 0 Å². The summed E-state index contributed by atoms with van der Waals surface area (Å²) in [4.78, 5) is 25.3. The molecule has 2 unspecified atom stereocenters. The summed E-state index contributed by atoms with van der Waals surface area (Å²) in [5, 5.41) is 2.62. The van der Waals surface area contributed by atoms with Gasteiger partial charge in [0.1, 0.15) is 12.2 Å². The van der Waals surface area contributed by atoms with Crippen LogP contribution in [0.1, 0.15) is 6.92 Å². The lowest BCUT2D eigenvalue weighted by Gasteiger charge is -2.29. The van der Waals surface area contributed by atoms with Gasteiger partial charge in [-0.2, -0.15) is 9.69 Å². The van der Waals surface area contributed by atoms with E-state index in [1.165, 1.54) is 13.0 Å². The van der Waals surface area contributed by atoms with Crippen LogP contribution in [-0.4, -0.2) is 57.5 Å². The predicted octanol–water partition coefficient (Wildman–Crippen LogP) is -0.166.